The first-order valence-corrected chi connectivity index (χ1v) is 14.0. The molecule has 0 amide bonds. The first-order valence-electron chi connectivity index (χ1n) is 14.0. The van der Waals surface area contributed by atoms with Crippen molar-refractivity contribution in [3.05, 3.63) is 54.2 Å². The Bertz CT molecular complexity index is 1090. The van der Waals surface area contributed by atoms with E-state index in [1.54, 1.807) is 7.11 Å². The summed E-state index contributed by atoms with van der Waals surface area (Å²) in [5.41, 5.74) is 11.4. The van der Waals surface area contributed by atoms with E-state index in [2.05, 4.69) is 52.5 Å². The van der Waals surface area contributed by atoms with Crippen LogP contribution in [0.5, 0.6) is 5.75 Å². The zero-order chi connectivity index (χ0) is 24.0. The van der Waals surface area contributed by atoms with E-state index in [-0.39, 0.29) is 0 Å². The largest absolute Gasteiger partial charge is 0.496 e. The van der Waals surface area contributed by atoms with Crippen molar-refractivity contribution in [2.24, 2.45) is 11.7 Å². The Kier molecular flexibility index (Phi) is 8.10. The lowest BCUT2D eigenvalue weighted by atomic mass is 9.89. The zero-order valence-electron chi connectivity index (χ0n) is 21.5. The van der Waals surface area contributed by atoms with Gasteiger partial charge in [0, 0.05) is 41.3 Å². The van der Waals surface area contributed by atoms with Crippen LogP contribution in [-0.2, 0) is 13.0 Å². The first-order chi connectivity index (χ1) is 17.2. The zero-order valence-corrected chi connectivity index (χ0v) is 21.5. The molecule has 1 aromatic heterocycles. The molecule has 5 rings (SSSR count). The van der Waals surface area contributed by atoms with E-state index in [9.17, 15) is 0 Å². The molecule has 0 unspecified atom stereocenters. The monoisotopic (exact) mass is 473 g/mol. The summed E-state index contributed by atoms with van der Waals surface area (Å²) in [6, 6.07) is 16.4. The molecule has 2 aliphatic rings. The number of hydrogen-bond acceptors (Lipinski definition) is 3. The van der Waals surface area contributed by atoms with Crippen LogP contribution in [0.2, 0.25) is 0 Å². The Labute approximate surface area is 211 Å². The number of para-hydroxylation sites is 1. The second-order valence-corrected chi connectivity index (χ2v) is 10.9. The topological polar surface area (TPSA) is 52.2 Å². The predicted molar refractivity (Wildman–Crippen MR) is 147 cm³/mol. The van der Waals surface area contributed by atoms with E-state index < -0.39 is 0 Å². The lowest BCUT2D eigenvalue weighted by molar-refractivity contribution is 0.322. The maximum absolute atomic E-state index is 6.08. The Morgan fingerprint density at radius 3 is 2.57 bits per heavy atom. The number of methoxy groups -OCH3 is 1. The van der Waals surface area contributed by atoms with Gasteiger partial charge in [0.15, 0.2) is 0 Å². The van der Waals surface area contributed by atoms with Gasteiger partial charge in [-0.3, -0.25) is 0 Å². The van der Waals surface area contributed by atoms with E-state index in [1.807, 2.05) is 6.07 Å². The smallest absolute Gasteiger partial charge is 0.126 e. The standard InChI is InChI=1S/C31H43N3O/c1-35-31-12-6-5-11-28(31)24-13-18-30-29(20-24)25(22-34(30)21-23-8-3-2-4-9-23)10-7-19-33-27-16-14-26(32)15-17-27/h5-6,11-13,18,20,22-23,26-27,33H,2-4,7-10,14-17,19,21,32H2,1H3. The van der Waals surface area contributed by atoms with Gasteiger partial charge < -0.3 is 20.4 Å². The van der Waals surface area contributed by atoms with Gasteiger partial charge in [-0.2, -0.15) is 0 Å². The van der Waals surface area contributed by atoms with Gasteiger partial charge in [0.25, 0.3) is 0 Å². The number of nitrogens with one attached hydrogen (secondary N) is 1. The molecule has 2 fully saturated rings. The Balaban J connectivity index is 1.35. The van der Waals surface area contributed by atoms with Crippen LogP contribution < -0.4 is 15.8 Å². The summed E-state index contributed by atoms with van der Waals surface area (Å²) in [4.78, 5) is 0. The summed E-state index contributed by atoms with van der Waals surface area (Å²) in [5, 5.41) is 5.22. The highest BCUT2D eigenvalue weighted by atomic mass is 16.5. The lowest BCUT2D eigenvalue weighted by Gasteiger charge is -2.26. The molecule has 4 heteroatoms. The van der Waals surface area contributed by atoms with Crippen LogP contribution in [0.1, 0.15) is 69.8 Å². The summed E-state index contributed by atoms with van der Waals surface area (Å²) in [6.07, 6.45) is 16.5. The molecule has 2 saturated carbocycles. The summed E-state index contributed by atoms with van der Waals surface area (Å²) < 4.78 is 8.23. The van der Waals surface area contributed by atoms with Crippen molar-refractivity contribution in [3.63, 3.8) is 0 Å². The quantitative estimate of drug-likeness (QED) is 0.340. The normalized spacial score (nSPS) is 21.4. The van der Waals surface area contributed by atoms with Gasteiger partial charge >= 0.3 is 0 Å². The number of nitrogens with zero attached hydrogens (tertiary/aromatic N) is 1. The SMILES string of the molecule is COc1ccccc1-c1ccc2c(c1)c(CCCNC1CCC(N)CC1)cn2CC1CCCCC1. The van der Waals surface area contributed by atoms with Gasteiger partial charge in [-0.25, -0.2) is 0 Å². The van der Waals surface area contributed by atoms with Crippen LogP contribution in [0, 0.1) is 5.92 Å². The summed E-state index contributed by atoms with van der Waals surface area (Å²) in [5.74, 6) is 1.76. The molecule has 0 spiro atoms. The third-order valence-electron chi connectivity index (χ3n) is 8.39. The number of rotatable bonds is 9. The molecule has 1 heterocycles. The molecule has 0 aliphatic heterocycles. The molecule has 3 N–H and O–H groups in total. The number of aromatic nitrogens is 1. The van der Waals surface area contributed by atoms with Crippen LogP contribution in [0.25, 0.3) is 22.0 Å². The van der Waals surface area contributed by atoms with E-state index in [0.717, 1.165) is 44.0 Å². The summed E-state index contributed by atoms with van der Waals surface area (Å²) >= 11 is 0. The van der Waals surface area contributed by atoms with Gasteiger partial charge in [-0.05, 0) is 93.2 Å². The van der Waals surface area contributed by atoms with Crippen molar-refractivity contribution < 1.29 is 4.74 Å². The lowest BCUT2D eigenvalue weighted by Crippen LogP contribution is -2.37. The average molecular weight is 474 g/mol. The van der Waals surface area contributed by atoms with Crippen molar-refractivity contribution >= 4 is 10.9 Å². The summed E-state index contributed by atoms with van der Waals surface area (Å²) in [7, 11) is 1.76. The van der Waals surface area contributed by atoms with Gasteiger partial charge in [0.1, 0.15) is 5.75 Å². The Morgan fingerprint density at radius 2 is 1.77 bits per heavy atom. The fraction of sp³-hybridized carbons (Fsp3) is 0.548. The van der Waals surface area contributed by atoms with E-state index in [0.29, 0.717) is 12.1 Å². The van der Waals surface area contributed by atoms with E-state index in [4.69, 9.17) is 10.5 Å². The van der Waals surface area contributed by atoms with Gasteiger partial charge in [-0.15, -0.1) is 0 Å². The van der Waals surface area contributed by atoms with Crippen molar-refractivity contribution in [1.82, 2.24) is 9.88 Å². The average Bonchev–Trinajstić information content (AvgIpc) is 3.24. The molecular formula is C31H43N3O. The van der Waals surface area contributed by atoms with Crippen molar-refractivity contribution in [2.75, 3.05) is 13.7 Å². The molecule has 3 aromatic rings. The third-order valence-corrected chi connectivity index (χ3v) is 8.39. The number of nitrogens with two attached hydrogens (primary N) is 1. The van der Waals surface area contributed by atoms with Crippen molar-refractivity contribution in [3.8, 4) is 16.9 Å². The maximum atomic E-state index is 6.08. The Hall–Kier alpha value is -2.30. The van der Waals surface area contributed by atoms with Crippen LogP contribution in [0.15, 0.2) is 48.7 Å². The van der Waals surface area contributed by atoms with Crippen molar-refractivity contribution in [1.29, 1.82) is 0 Å². The van der Waals surface area contributed by atoms with E-state index in [1.165, 1.54) is 79.0 Å². The maximum Gasteiger partial charge on any atom is 0.126 e. The number of ether oxygens (including phenoxy) is 1. The minimum absolute atomic E-state index is 0.417. The number of hydrogen-bond donors (Lipinski definition) is 2. The van der Waals surface area contributed by atoms with Gasteiger partial charge in [0.2, 0.25) is 0 Å². The van der Waals surface area contributed by atoms with Crippen LogP contribution in [0.3, 0.4) is 0 Å². The number of aryl methyl sites for hydroxylation is 1. The summed E-state index contributed by atoms with van der Waals surface area (Å²) in [6.45, 7) is 2.24. The third kappa shape index (κ3) is 5.92. The molecule has 2 aliphatic carbocycles. The van der Waals surface area contributed by atoms with E-state index >= 15 is 0 Å². The van der Waals surface area contributed by atoms with Crippen molar-refractivity contribution in [2.45, 2.75) is 89.3 Å². The minimum Gasteiger partial charge on any atom is -0.496 e. The van der Waals surface area contributed by atoms with Crippen LogP contribution in [0.4, 0.5) is 0 Å². The molecule has 0 saturated heterocycles. The predicted octanol–water partition coefficient (Wildman–Crippen LogP) is 6.69. The second-order valence-electron chi connectivity index (χ2n) is 10.9. The molecule has 2 aromatic carbocycles. The fourth-order valence-electron chi connectivity index (χ4n) is 6.33. The molecule has 4 nitrogen and oxygen atoms in total. The number of benzene rings is 2. The second kappa shape index (κ2) is 11.6. The molecule has 0 atom stereocenters. The highest BCUT2D eigenvalue weighted by Gasteiger charge is 2.19. The van der Waals surface area contributed by atoms with Crippen LogP contribution >= 0.6 is 0 Å². The van der Waals surface area contributed by atoms with Crippen LogP contribution in [-0.4, -0.2) is 30.3 Å². The highest BCUT2D eigenvalue weighted by Crippen LogP contribution is 2.35. The highest BCUT2D eigenvalue weighted by molar-refractivity contribution is 5.89. The van der Waals surface area contributed by atoms with Gasteiger partial charge in [0.05, 0.1) is 7.11 Å². The molecular weight excluding hydrogens is 430 g/mol. The van der Waals surface area contributed by atoms with Gasteiger partial charge in [-0.1, -0.05) is 43.5 Å². The molecule has 35 heavy (non-hydrogen) atoms. The minimum atomic E-state index is 0.417. The molecule has 0 bridgehead atoms. The number of fused-ring (bicyclic) bond motifs is 1. The molecule has 188 valence electrons. The molecule has 0 radical (unpaired) electrons. The first kappa shape index (κ1) is 24.4. The Morgan fingerprint density at radius 1 is 0.971 bits per heavy atom. The fourth-order valence-corrected chi connectivity index (χ4v) is 6.33.